The Labute approximate surface area is 186 Å². The molecule has 3 aromatic rings. The van der Waals surface area contributed by atoms with Gasteiger partial charge in [0, 0.05) is 58.3 Å². The van der Waals surface area contributed by atoms with Crippen LogP contribution in [-0.4, -0.2) is 96.2 Å². The van der Waals surface area contributed by atoms with E-state index in [1.807, 2.05) is 11.8 Å². The maximum absolute atomic E-state index is 10.7. The number of rotatable bonds is 7. The predicted molar refractivity (Wildman–Crippen MR) is 119 cm³/mol. The molecule has 2 atom stereocenters. The van der Waals surface area contributed by atoms with E-state index < -0.39 is 6.35 Å². The van der Waals surface area contributed by atoms with E-state index >= 15 is 0 Å². The van der Waals surface area contributed by atoms with Gasteiger partial charge < -0.3 is 19.7 Å². The fourth-order valence-corrected chi connectivity index (χ4v) is 4.42. The zero-order chi connectivity index (χ0) is 22.2. The Morgan fingerprint density at radius 2 is 1.94 bits per heavy atom. The summed E-state index contributed by atoms with van der Waals surface area (Å²) in [5, 5.41) is 14.2. The first-order valence-corrected chi connectivity index (χ1v) is 11.0. The summed E-state index contributed by atoms with van der Waals surface area (Å²) in [5.41, 5.74) is 2.36. The Bertz CT molecular complexity index is 1080. The zero-order valence-electron chi connectivity index (χ0n) is 18.6. The van der Waals surface area contributed by atoms with Crippen LogP contribution in [0.5, 0.6) is 0 Å². The van der Waals surface area contributed by atoms with E-state index in [2.05, 4.69) is 41.6 Å². The molecule has 11 nitrogen and oxygen atoms in total. The van der Waals surface area contributed by atoms with Crippen LogP contribution >= 0.6 is 0 Å². The Hall–Kier alpha value is -2.73. The van der Waals surface area contributed by atoms with Crippen molar-refractivity contribution in [3.63, 3.8) is 0 Å². The highest BCUT2D eigenvalue weighted by molar-refractivity contribution is 5.86. The quantitative estimate of drug-likeness (QED) is 0.545. The summed E-state index contributed by atoms with van der Waals surface area (Å²) in [5.74, 6) is 2.21. The number of nitrogens with one attached hydrogen (secondary N) is 1. The van der Waals surface area contributed by atoms with Gasteiger partial charge in [0.2, 0.25) is 0 Å². The van der Waals surface area contributed by atoms with Gasteiger partial charge in [-0.3, -0.25) is 9.80 Å². The van der Waals surface area contributed by atoms with Crippen molar-refractivity contribution < 1.29 is 9.84 Å². The lowest BCUT2D eigenvalue weighted by molar-refractivity contribution is -0.170. The summed E-state index contributed by atoms with van der Waals surface area (Å²) in [6.07, 6.45) is 5.70. The topological polar surface area (TPSA) is 117 Å². The van der Waals surface area contributed by atoms with E-state index in [4.69, 9.17) is 9.72 Å². The van der Waals surface area contributed by atoms with Crippen LogP contribution in [0.4, 0.5) is 5.82 Å². The molecule has 0 spiro atoms. The molecule has 2 N–H and O–H groups in total. The number of hydrogen-bond donors (Lipinski definition) is 2. The fraction of sp³-hybridized carbons (Fsp3) is 0.571. The standard InChI is InChI=1S/C21H29N9O2/c1-4-30-19(14-7-22-13(2)23-8-14)27-17-18(24-12-25-20(17)30)26-15-5-6-28(9-15)21(31)29-10-16(11-29)32-3/h7-8,12,15-16,21,31H,4-6,9-11H2,1-3H3,(H,24,25,26)/t15-,21?/m0/s1. The van der Waals surface area contributed by atoms with Crippen LogP contribution in [0.15, 0.2) is 18.7 Å². The van der Waals surface area contributed by atoms with Crippen molar-refractivity contribution in [2.24, 2.45) is 0 Å². The van der Waals surface area contributed by atoms with Gasteiger partial charge in [-0.05, 0) is 20.3 Å². The summed E-state index contributed by atoms with van der Waals surface area (Å²) in [6, 6.07) is 0.167. The van der Waals surface area contributed by atoms with Gasteiger partial charge in [0.05, 0.1) is 11.7 Å². The zero-order valence-corrected chi connectivity index (χ0v) is 18.6. The molecule has 0 amide bonds. The number of aryl methyl sites for hydroxylation is 2. The number of fused-ring (bicyclic) bond motifs is 1. The average molecular weight is 440 g/mol. The van der Waals surface area contributed by atoms with Crippen molar-refractivity contribution in [1.29, 1.82) is 0 Å². The van der Waals surface area contributed by atoms with Gasteiger partial charge in [0.1, 0.15) is 18.0 Å². The van der Waals surface area contributed by atoms with Crippen LogP contribution in [0.1, 0.15) is 19.2 Å². The number of aromatic nitrogens is 6. The smallest absolute Gasteiger partial charge is 0.165 e. The Morgan fingerprint density at radius 1 is 1.16 bits per heavy atom. The molecule has 5 rings (SSSR count). The molecule has 2 aliphatic heterocycles. The summed E-state index contributed by atoms with van der Waals surface area (Å²) >= 11 is 0. The van der Waals surface area contributed by atoms with Gasteiger partial charge in [-0.2, -0.15) is 0 Å². The maximum atomic E-state index is 10.7. The number of nitrogens with zero attached hydrogens (tertiary/aromatic N) is 8. The SMILES string of the molecule is CCn1c(-c2cnc(C)nc2)nc2c(N[C@H]3CCN(C(O)N4CC(OC)C4)C3)ncnc21. The van der Waals surface area contributed by atoms with Gasteiger partial charge in [-0.1, -0.05) is 0 Å². The molecule has 0 aromatic carbocycles. The second-order valence-electron chi connectivity index (χ2n) is 8.38. The van der Waals surface area contributed by atoms with Crippen LogP contribution in [-0.2, 0) is 11.3 Å². The van der Waals surface area contributed by atoms with Gasteiger partial charge in [-0.15, -0.1) is 0 Å². The molecule has 3 aromatic heterocycles. The molecule has 0 aliphatic carbocycles. The van der Waals surface area contributed by atoms with Crippen molar-refractivity contribution in [2.75, 3.05) is 38.6 Å². The highest BCUT2D eigenvalue weighted by atomic mass is 16.5. The molecule has 0 saturated carbocycles. The number of likely N-dealkylation sites (tertiary alicyclic amines) is 2. The number of methoxy groups -OCH3 is 1. The second-order valence-corrected chi connectivity index (χ2v) is 8.38. The molecule has 1 unspecified atom stereocenters. The summed E-state index contributed by atoms with van der Waals surface area (Å²) in [7, 11) is 1.71. The van der Waals surface area contributed by atoms with Crippen LogP contribution in [0.25, 0.3) is 22.6 Å². The van der Waals surface area contributed by atoms with Crippen molar-refractivity contribution >= 4 is 17.0 Å². The molecule has 0 radical (unpaired) electrons. The van der Waals surface area contributed by atoms with Crippen LogP contribution < -0.4 is 5.32 Å². The molecule has 5 heterocycles. The predicted octanol–water partition coefficient (Wildman–Crippen LogP) is 0.704. The van der Waals surface area contributed by atoms with E-state index in [0.29, 0.717) is 5.82 Å². The van der Waals surface area contributed by atoms with Crippen LogP contribution in [0.2, 0.25) is 0 Å². The van der Waals surface area contributed by atoms with E-state index in [-0.39, 0.29) is 12.1 Å². The first kappa shape index (κ1) is 21.1. The molecular formula is C21H29N9O2. The molecule has 0 bridgehead atoms. The third-order valence-electron chi connectivity index (χ3n) is 6.31. The molecule has 2 aliphatic rings. The molecule has 170 valence electrons. The Kier molecular flexibility index (Phi) is 5.72. The van der Waals surface area contributed by atoms with Crippen molar-refractivity contribution in [1.82, 2.24) is 39.3 Å². The van der Waals surface area contributed by atoms with E-state index in [9.17, 15) is 5.11 Å². The average Bonchev–Trinajstić information content (AvgIpc) is 3.38. The third kappa shape index (κ3) is 3.81. The van der Waals surface area contributed by atoms with Gasteiger partial charge in [0.25, 0.3) is 0 Å². The highest BCUT2D eigenvalue weighted by Gasteiger charge is 2.37. The number of aliphatic hydroxyl groups excluding tert-OH is 1. The Morgan fingerprint density at radius 3 is 2.66 bits per heavy atom. The fourth-order valence-electron chi connectivity index (χ4n) is 4.42. The molecule has 11 heteroatoms. The monoisotopic (exact) mass is 439 g/mol. The number of hydrogen-bond acceptors (Lipinski definition) is 10. The minimum atomic E-state index is -0.578. The second kappa shape index (κ2) is 8.66. The van der Waals surface area contributed by atoms with Crippen molar-refractivity contribution in [2.45, 2.75) is 45.3 Å². The normalized spacial score (nSPS) is 21.2. The van der Waals surface area contributed by atoms with Gasteiger partial charge in [0.15, 0.2) is 23.3 Å². The summed E-state index contributed by atoms with van der Waals surface area (Å²) in [6.45, 7) is 7.72. The first-order chi connectivity index (χ1) is 15.6. The third-order valence-corrected chi connectivity index (χ3v) is 6.31. The van der Waals surface area contributed by atoms with Crippen molar-refractivity contribution in [3.8, 4) is 11.4 Å². The lowest BCUT2D eigenvalue weighted by atomic mass is 10.2. The number of imidazole rings is 1. The highest BCUT2D eigenvalue weighted by Crippen LogP contribution is 2.28. The lowest BCUT2D eigenvalue weighted by Crippen LogP contribution is -2.60. The summed E-state index contributed by atoms with van der Waals surface area (Å²) < 4.78 is 7.37. The number of ether oxygens (including phenoxy) is 1. The number of anilines is 1. The largest absolute Gasteiger partial charge is 0.379 e. The summed E-state index contributed by atoms with van der Waals surface area (Å²) in [4.78, 5) is 26.6. The molecule has 2 fully saturated rings. The minimum Gasteiger partial charge on any atom is -0.379 e. The van der Waals surface area contributed by atoms with Crippen LogP contribution in [0, 0.1) is 6.92 Å². The molecular weight excluding hydrogens is 410 g/mol. The lowest BCUT2D eigenvalue weighted by Gasteiger charge is -2.43. The molecule has 2 saturated heterocycles. The molecule has 32 heavy (non-hydrogen) atoms. The van der Waals surface area contributed by atoms with Crippen LogP contribution in [0.3, 0.4) is 0 Å². The van der Waals surface area contributed by atoms with E-state index in [0.717, 1.165) is 67.5 Å². The number of aliphatic hydroxyl groups is 1. The van der Waals surface area contributed by atoms with Gasteiger partial charge in [-0.25, -0.2) is 24.9 Å². The first-order valence-electron chi connectivity index (χ1n) is 11.0. The maximum Gasteiger partial charge on any atom is 0.165 e. The van der Waals surface area contributed by atoms with Gasteiger partial charge >= 0.3 is 0 Å². The van der Waals surface area contributed by atoms with E-state index in [1.165, 1.54) is 0 Å². The van der Waals surface area contributed by atoms with E-state index in [1.54, 1.807) is 25.8 Å². The minimum absolute atomic E-state index is 0.167. The Balaban J connectivity index is 1.34. The van der Waals surface area contributed by atoms with Crippen molar-refractivity contribution in [3.05, 3.63) is 24.5 Å².